The number of benzene rings is 1. The number of carbonyl (C=O) groups is 1. The van der Waals surface area contributed by atoms with Gasteiger partial charge in [-0.05, 0) is 67.3 Å². The third-order valence-corrected chi connectivity index (χ3v) is 7.26. The van der Waals surface area contributed by atoms with Gasteiger partial charge in [0.25, 0.3) is 5.91 Å². The fourth-order valence-electron chi connectivity index (χ4n) is 4.43. The van der Waals surface area contributed by atoms with Crippen molar-refractivity contribution in [2.24, 2.45) is 5.92 Å². The summed E-state index contributed by atoms with van der Waals surface area (Å²) < 4.78 is 0. The molecule has 0 saturated carbocycles. The van der Waals surface area contributed by atoms with Crippen LogP contribution in [0.4, 0.5) is 5.69 Å². The number of pyridine rings is 1. The lowest BCUT2D eigenvalue weighted by Gasteiger charge is -2.34. The third-order valence-electron chi connectivity index (χ3n) is 6.37. The maximum Gasteiger partial charge on any atom is 0.251 e. The molecule has 2 aliphatic rings. The smallest absolute Gasteiger partial charge is 0.251 e. The molecule has 1 aliphatic carbocycles. The van der Waals surface area contributed by atoms with Crippen molar-refractivity contribution in [2.75, 3.05) is 25.4 Å². The highest BCUT2D eigenvalue weighted by atomic mass is 35.5. The molecule has 6 nitrogen and oxygen atoms in total. The predicted molar refractivity (Wildman–Crippen MR) is 139 cm³/mol. The Balaban J connectivity index is 1.41. The fourth-order valence-corrected chi connectivity index (χ4v) is 4.95. The molecule has 178 valence electrons. The minimum absolute atomic E-state index is 0.0343. The molecule has 1 aromatic carbocycles. The minimum Gasteiger partial charge on any atom is -0.398 e. The molecule has 8 heteroatoms. The number of nitrogens with two attached hydrogens (primary N) is 1. The number of nitrogens with one attached hydrogen (secondary N) is 2. The molecule has 4 rings (SSSR count). The number of amides is 1. The molecule has 1 aliphatic heterocycles. The van der Waals surface area contributed by atoms with Crippen LogP contribution >= 0.6 is 23.2 Å². The van der Waals surface area contributed by atoms with Crippen LogP contribution in [0.2, 0.25) is 0 Å². The fraction of sp³-hybridized carbons (Fsp3) is 0.346. The second kappa shape index (κ2) is 10.7. The van der Waals surface area contributed by atoms with E-state index in [9.17, 15) is 4.79 Å². The Kier molecular flexibility index (Phi) is 7.71. The highest BCUT2D eigenvalue weighted by Crippen LogP contribution is 2.30. The summed E-state index contributed by atoms with van der Waals surface area (Å²) in [6, 6.07) is 8.62. The molecule has 2 aromatic rings. The molecular weight excluding hydrogens is 469 g/mol. The van der Waals surface area contributed by atoms with Gasteiger partial charge in [-0.1, -0.05) is 24.6 Å². The number of piperidine rings is 1. The van der Waals surface area contributed by atoms with Gasteiger partial charge in [0.1, 0.15) is 0 Å². The van der Waals surface area contributed by atoms with Gasteiger partial charge < -0.3 is 11.1 Å². The molecule has 1 aromatic heterocycles. The summed E-state index contributed by atoms with van der Waals surface area (Å²) in [6.07, 6.45) is 9.23. The normalized spacial score (nSPS) is 23.1. The largest absolute Gasteiger partial charge is 0.398 e. The van der Waals surface area contributed by atoms with E-state index in [1.165, 1.54) is 0 Å². The summed E-state index contributed by atoms with van der Waals surface area (Å²) in [6.45, 7) is 4.54. The van der Waals surface area contributed by atoms with Crippen LogP contribution in [-0.2, 0) is 0 Å². The first-order chi connectivity index (χ1) is 16.3. The number of halogens is 2. The standard InChI is InChI=1S/C26H29Cl2N5O/c1-16-11-19(23(28)13-22(16)27)14-33-10-2-3-20(15-33)32-26(34)18-4-5-24(29)21(12-18)25(30)17-6-8-31-9-7-17/h4-9,11-13,16,20,22,30H,2-3,10,14-15,29H2,1H3,(H,32,34). The number of anilines is 1. The summed E-state index contributed by atoms with van der Waals surface area (Å²) in [5.41, 5.74) is 9.65. The zero-order valence-electron chi connectivity index (χ0n) is 19.1. The number of rotatable bonds is 6. The Hall–Kier alpha value is -2.67. The summed E-state index contributed by atoms with van der Waals surface area (Å²) in [5, 5.41) is 12.3. The average molecular weight is 498 g/mol. The predicted octanol–water partition coefficient (Wildman–Crippen LogP) is 4.58. The number of carbonyl (C=O) groups excluding carboxylic acids is 1. The molecule has 0 spiro atoms. The molecular formula is C26H29Cl2N5O. The van der Waals surface area contributed by atoms with E-state index in [0.717, 1.165) is 43.1 Å². The molecule has 0 radical (unpaired) electrons. The lowest BCUT2D eigenvalue weighted by molar-refractivity contribution is 0.0907. The van der Waals surface area contributed by atoms with Crippen LogP contribution in [0.3, 0.4) is 0 Å². The number of hydrogen-bond donors (Lipinski definition) is 3. The second-order valence-corrected chi connectivity index (χ2v) is 9.88. The van der Waals surface area contributed by atoms with Crippen LogP contribution in [0.15, 0.2) is 65.5 Å². The molecule has 1 amide bonds. The van der Waals surface area contributed by atoms with E-state index in [-0.39, 0.29) is 29.0 Å². The number of likely N-dealkylation sites (tertiary alicyclic amines) is 1. The number of hydrogen-bond acceptors (Lipinski definition) is 5. The first kappa shape index (κ1) is 24.5. The van der Waals surface area contributed by atoms with E-state index >= 15 is 0 Å². The van der Waals surface area contributed by atoms with E-state index in [2.05, 4.69) is 28.2 Å². The van der Waals surface area contributed by atoms with E-state index in [0.29, 0.717) is 22.4 Å². The summed E-state index contributed by atoms with van der Waals surface area (Å²) in [4.78, 5) is 19.4. The zero-order chi connectivity index (χ0) is 24.2. The number of nitrogens with zero attached hydrogens (tertiary/aromatic N) is 2. The maximum absolute atomic E-state index is 13.1. The third kappa shape index (κ3) is 5.69. The van der Waals surface area contributed by atoms with Crippen LogP contribution in [0.5, 0.6) is 0 Å². The number of alkyl halides is 1. The maximum atomic E-state index is 13.1. The van der Waals surface area contributed by atoms with Crippen molar-refractivity contribution in [3.63, 3.8) is 0 Å². The number of aromatic nitrogens is 1. The van der Waals surface area contributed by atoms with Crippen molar-refractivity contribution in [1.29, 1.82) is 5.41 Å². The van der Waals surface area contributed by atoms with Crippen molar-refractivity contribution in [1.82, 2.24) is 15.2 Å². The van der Waals surface area contributed by atoms with E-state index in [1.807, 2.05) is 6.08 Å². The molecule has 4 N–H and O–H groups in total. The molecule has 3 unspecified atom stereocenters. The van der Waals surface area contributed by atoms with Gasteiger partial charge >= 0.3 is 0 Å². The Morgan fingerprint density at radius 3 is 2.76 bits per heavy atom. The highest BCUT2D eigenvalue weighted by molar-refractivity contribution is 6.33. The van der Waals surface area contributed by atoms with Crippen molar-refractivity contribution in [3.05, 3.63) is 82.2 Å². The lowest BCUT2D eigenvalue weighted by Crippen LogP contribution is -2.48. The van der Waals surface area contributed by atoms with Crippen LogP contribution < -0.4 is 11.1 Å². The molecule has 34 heavy (non-hydrogen) atoms. The summed E-state index contributed by atoms with van der Waals surface area (Å²) in [7, 11) is 0. The zero-order valence-corrected chi connectivity index (χ0v) is 20.6. The average Bonchev–Trinajstić information content (AvgIpc) is 2.83. The summed E-state index contributed by atoms with van der Waals surface area (Å²) in [5.74, 6) is 0.0779. The van der Waals surface area contributed by atoms with E-state index in [4.69, 9.17) is 34.3 Å². The lowest BCUT2D eigenvalue weighted by atomic mass is 9.96. The van der Waals surface area contributed by atoms with Crippen molar-refractivity contribution >= 4 is 40.5 Å². The van der Waals surface area contributed by atoms with E-state index in [1.54, 1.807) is 42.7 Å². The van der Waals surface area contributed by atoms with Crippen molar-refractivity contribution < 1.29 is 4.79 Å². The van der Waals surface area contributed by atoms with Crippen LogP contribution in [0.25, 0.3) is 0 Å². The van der Waals surface area contributed by atoms with Gasteiger partial charge in [0.15, 0.2) is 0 Å². The van der Waals surface area contributed by atoms with Gasteiger partial charge in [-0.2, -0.15) is 0 Å². The van der Waals surface area contributed by atoms with Gasteiger partial charge in [0.05, 0.1) is 11.1 Å². The molecule has 0 bridgehead atoms. The molecule has 1 fully saturated rings. The van der Waals surface area contributed by atoms with Crippen molar-refractivity contribution in [2.45, 2.75) is 31.2 Å². The van der Waals surface area contributed by atoms with Crippen molar-refractivity contribution in [3.8, 4) is 0 Å². The van der Waals surface area contributed by atoms with Crippen LogP contribution in [-0.4, -0.2) is 52.6 Å². The first-order valence-electron chi connectivity index (χ1n) is 11.5. The van der Waals surface area contributed by atoms with E-state index < -0.39 is 0 Å². The van der Waals surface area contributed by atoms with Gasteiger partial charge in [-0.15, -0.1) is 11.6 Å². The molecule has 1 saturated heterocycles. The second-order valence-electron chi connectivity index (χ2n) is 8.97. The SMILES string of the molecule is CC1C=C(CN2CCCC(NC(=O)c3ccc(N)c(C(=N)c4ccncc4)c3)C2)C(Cl)=CC1Cl. The Morgan fingerprint density at radius 1 is 1.24 bits per heavy atom. The Bertz CT molecular complexity index is 1130. The molecule has 3 atom stereocenters. The van der Waals surface area contributed by atoms with Gasteiger partial charge in [-0.3, -0.25) is 20.1 Å². The van der Waals surface area contributed by atoms with Gasteiger partial charge in [0, 0.05) is 58.9 Å². The van der Waals surface area contributed by atoms with Gasteiger partial charge in [-0.25, -0.2) is 0 Å². The number of allylic oxidation sites excluding steroid dienone is 2. The Morgan fingerprint density at radius 2 is 2.00 bits per heavy atom. The first-order valence-corrected chi connectivity index (χ1v) is 12.3. The number of nitrogen functional groups attached to an aromatic ring is 1. The van der Waals surface area contributed by atoms with Crippen LogP contribution in [0.1, 0.15) is 41.3 Å². The quantitative estimate of drug-likeness (QED) is 0.309. The van der Waals surface area contributed by atoms with Crippen LogP contribution in [0, 0.1) is 11.3 Å². The summed E-state index contributed by atoms with van der Waals surface area (Å²) >= 11 is 12.7. The highest BCUT2D eigenvalue weighted by Gasteiger charge is 2.25. The Labute approximate surface area is 210 Å². The van der Waals surface area contributed by atoms with Gasteiger partial charge in [0.2, 0.25) is 0 Å². The minimum atomic E-state index is -0.163. The molecule has 2 heterocycles. The topological polar surface area (TPSA) is 95.1 Å². The monoisotopic (exact) mass is 497 g/mol.